The molecule has 0 aliphatic carbocycles. The SMILES string of the molecule is Cc1ccc(NC(=O)CNc2cccc([N+](=O)[O-])c2)c(Cl)c1. The van der Waals surface area contributed by atoms with Crippen LogP contribution in [0, 0.1) is 17.0 Å². The Balaban J connectivity index is 1.95. The molecular formula is C15H14ClN3O3. The lowest BCUT2D eigenvalue weighted by Gasteiger charge is -2.09. The molecule has 0 aliphatic heterocycles. The molecule has 0 spiro atoms. The molecule has 0 atom stereocenters. The Morgan fingerprint density at radius 3 is 2.73 bits per heavy atom. The van der Waals surface area contributed by atoms with Crippen molar-refractivity contribution in [2.75, 3.05) is 17.2 Å². The highest BCUT2D eigenvalue weighted by atomic mass is 35.5. The molecule has 7 heteroatoms. The summed E-state index contributed by atoms with van der Waals surface area (Å²) in [7, 11) is 0. The molecule has 2 rings (SSSR count). The van der Waals surface area contributed by atoms with Crippen LogP contribution in [0.2, 0.25) is 5.02 Å². The van der Waals surface area contributed by atoms with Crippen molar-refractivity contribution < 1.29 is 9.72 Å². The fourth-order valence-corrected chi connectivity index (χ4v) is 2.11. The molecule has 0 saturated heterocycles. The Labute approximate surface area is 132 Å². The predicted octanol–water partition coefficient (Wildman–Crippen LogP) is 3.61. The smallest absolute Gasteiger partial charge is 0.271 e. The van der Waals surface area contributed by atoms with Crippen LogP contribution in [0.5, 0.6) is 0 Å². The Kier molecular flexibility index (Phi) is 4.95. The van der Waals surface area contributed by atoms with Gasteiger partial charge in [-0.05, 0) is 30.7 Å². The average molecular weight is 320 g/mol. The van der Waals surface area contributed by atoms with Crippen LogP contribution in [-0.4, -0.2) is 17.4 Å². The molecule has 0 saturated carbocycles. The third kappa shape index (κ3) is 4.20. The molecule has 2 N–H and O–H groups in total. The molecule has 2 aromatic carbocycles. The molecule has 0 radical (unpaired) electrons. The van der Waals surface area contributed by atoms with Gasteiger partial charge in [0.1, 0.15) is 0 Å². The van der Waals surface area contributed by atoms with Crippen molar-refractivity contribution >= 4 is 34.6 Å². The van der Waals surface area contributed by atoms with E-state index < -0.39 is 4.92 Å². The van der Waals surface area contributed by atoms with E-state index >= 15 is 0 Å². The van der Waals surface area contributed by atoms with Gasteiger partial charge in [0, 0.05) is 17.8 Å². The topological polar surface area (TPSA) is 84.3 Å². The number of hydrogen-bond donors (Lipinski definition) is 2. The first-order chi connectivity index (χ1) is 10.5. The first-order valence-electron chi connectivity index (χ1n) is 6.50. The van der Waals surface area contributed by atoms with E-state index in [2.05, 4.69) is 10.6 Å². The number of non-ortho nitro benzene ring substituents is 1. The maximum atomic E-state index is 11.9. The molecule has 0 unspecified atom stereocenters. The molecule has 2 aromatic rings. The first-order valence-corrected chi connectivity index (χ1v) is 6.88. The average Bonchev–Trinajstić information content (AvgIpc) is 2.48. The van der Waals surface area contributed by atoms with Crippen LogP contribution in [0.4, 0.5) is 17.1 Å². The van der Waals surface area contributed by atoms with E-state index in [4.69, 9.17) is 11.6 Å². The number of rotatable bonds is 5. The van der Waals surface area contributed by atoms with Gasteiger partial charge in [0.2, 0.25) is 5.91 Å². The maximum absolute atomic E-state index is 11.9. The van der Waals surface area contributed by atoms with E-state index in [-0.39, 0.29) is 18.1 Å². The zero-order valence-electron chi connectivity index (χ0n) is 11.8. The van der Waals surface area contributed by atoms with Gasteiger partial charge in [0.05, 0.1) is 22.2 Å². The molecular weight excluding hydrogens is 306 g/mol. The summed E-state index contributed by atoms with van der Waals surface area (Å²) in [6.07, 6.45) is 0. The number of benzene rings is 2. The van der Waals surface area contributed by atoms with Crippen molar-refractivity contribution in [2.45, 2.75) is 6.92 Å². The summed E-state index contributed by atoms with van der Waals surface area (Å²) in [4.78, 5) is 22.1. The highest BCUT2D eigenvalue weighted by Gasteiger charge is 2.08. The standard InChI is InChI=1S/C15H14ClN3O3/c1-10-5-6-14(13(16)7-10)18-15(20)9-17-11-3-2-4-12(8-11)19(21)22/h2-8,17H,9H2,1H3,(H,18,20). The second-order valence-electron chi connectivity index (χ2n) is 4.69. The Morgan fingerprint density at radius 2 is 2.05 bits per heavy atom. The van der Waals surface area contributed by atoms with Gasteiger partial charge in [-0.1, -0.05) is 23.7 Å². The number of nitrogens with one attached hydrogen (secondary N) is 2. The van der Waals surface area contributed by atoms with Gasteiger partial charge < -0.3 is 10.6 Å². The molecule has 114 valence electrons. The second-order valence-corrected chi connectivity index (χ2v) is 5.10. The summed E-state index contributed by atoms with van der Waals surface area (Å²) in [5.41, 5.74) is 1.99. The highest BCUT2D eigenvalue weighted by Crippen LogP contribution is 2.22. The molecule has 1 amide bonds. The van der Waals surface area contributed by atoms with Crippen LogP contribution < -0.4 is 10.6 Å². The summed E-state index contributed by atoms with van der Waals surface area (Å²) < 4.78 is 0. The fourth-order valence-electron chi connectivity index (χ4n) is 1.83. The van der Waals surface area contributed by atoms with E-state index in [0.29, 0.717) is 16.4 Å². The zero-order chi connectivity index (χ0) is 16.1. The van der Waals surface area contributed by atoms with Crippen molar-refractivity contribution in [3.05, 3.63) is 63.2 Å². The Hall–Kier alpha value is -2.60. The van der Waals surface area contributed by atoms with Gasteiger partial charge in [-0.3, -0.25) is 14.9 Å². The van der Waals surface area contributed by atoms with E-state index in [1.54, 1.807) is 24.3 Å². The molecule has 22 heavy (non-hydrogen) atoms. The van der Waals surface area contributed by atoms with Gasteiger partial charge in [-0.15, -0.1) is 0 Å². The monoisotopic (exact) mass is 319 g/mol. The number of hydrogen-bond acceptors (Lipinski definition) is 4. The number of nitro benzene ring substituents is 1. The van der Waals surface area contributed by atoms with Gasteiger partial charge in [0.25, 0.3) is 5.69 Å². The molecule has 0 heterocycles. The highest BCUT2D eigenvalue weighted by molar-refractivity contribution is 6.33. The van der Waals surface area contributed by atoms with Crippen LogP contribution in [0.15, 0.2) is 42.5 Å². The quantitative estimate of drug-likeness (QED) is 0.651. The molecule has 0 aliphatic rings. The number of amides is 1. The zero-order valence-corrected chi connectivity index (χ0v) is 12.6. The van der Waals surface area contributed by atoms with Crippen molar-refractivity contribution in [3.8, 4) is 0 Å². The van der Waals surface area contributed by atoms with Gasteiger partial charge >= 0.3 is 0 Å². The number of halogens is 1. The first kappa shape index (κ1) is 15.8. The molecule has 0 fully saturated rings. The fraction of sp³-hybridized carbons (Fsp3) is 0.133. The minimum Gasteiger partial charge on any atom is -0.376 e. The predicted molar refractivity (Wildman–Crippen MR) is 86.4 cm³/mol. The number of aryl methyl sites for hydroxylation is 1. The summed E-state index contributed by atoms with van der Waals surface area (Å²) in [6, 6.07) is 11.3. The molecule has 0 aromatic heterocycles. The van der Waals surface area contributed by atoms with Crippen molar-refractivity contribution in [2.24, 2.45) is 0 Å². The van der Waals surface area contributed by atoms with Crippen molar-refractivity contribution in [1.29, 1.82) is 0 Å². The van der Waals surface area contributed by atoms with E-state index in [9.17, 15) is 14.9 Å². The van der Waals surface area contributed by atoms with Crippen LogP contribution in [0.25, 0.3) is 0 Å². The molecule has 0 bridgehead atoms. The van der Waals surface area contributed by atoms with Crippen LogP contribution in [-0.2, 0) is 4.79 Å². The number of nitrogens with zero attached hydrogens (tertiary/aromatic N) is 1. The third-order valence-corrected chi connectivity index (χ3v) is 3.22. The summed E-state index contributed by atoms with van der Waals surface area (Å²) in [5, 5.41) is 16.7. The minimum atomic E-state index is -0.489. The second kappa shape index (κ2) is 6.91. The molecule has 6 nitrogen and oxygen atoms in total. The maximum Gasteiger partial charge on any atom is 0.271 e. The van der Waals surface area contributed by atoms with Gasteiger partial charge in [0.15, 0.2) is 0 Å². The van der Waals surface area contributed by atoms with Crippen LogP contribution in [0.3, 0.4) is 0 Å². The largest absolute Gasteiger partial charge is 0.376 e. The van der Waals surface area contributed by atoms with Crippen LogP contribution >= 0.6 is 11.6 Å². The lowest BCUT2D eigenvalue weighted by Crippen LogP contribution is -2.21. The van der Waals surface area contributed by atoms with Crippen LogP contribution in [0.1, 0.15) is 5.56 Å². The van der Waals surface area contributed by atoms with Gasteiger partial charge in [-0.25, -0.2) is 0 Å². The van der Waals surface area contributed by atoms with E-state index in [1.807, 2.05) is 13.0 Å². The van der Waals surface area contributed by atoms with Gasteiger partial charge in [-0.2, -0.15) is 0 Å². The van der Waals surface area contributed by atoms with Crippen molar-refractivity contribution in [1.82, 2.24) is 0 Å². The third-order valence-electron chi connectivity index (χ3n) is 2.91. The number of anilines is 2. The normalized spacial score (nSPS) is 10.1. The summed E-state index contributed by atoms with van der Waals surface area (Å²) in [5.74, 6) is -0.294. The number of carbonyl (C=O) groups is 1. The Morgan fingerprint density at radius 1 is 1.27 bits per heavy atom. The summed E-state index contributed by atoms with van der Waals surface area (Å²) in [6.45, 7) is 1.88. The summed E-state index contributed by atoms with van der Waals surface area (Å²) >= 11 is 6.04. The lowest BCUT2D eigenvalue weighted by molar-refractivity contribution is -0.384. The van der Waals surface area contributed by atoms with Crippen molar-refractivity contribution in [3.63, 3.8) is 0 Å². The number of nitro groups is 1. The van der Waals surface area contributed by atoms with E-state index in [0.717, 1.165) is 5.56 Å². The lowest BCUT2D eigenvalue weighted by atomic mass is 10.2. The number of carbonyl (C=O) groups excluding carboxylic acids is 1. The van der Waals surface area contributed by atoms with E-state index in [1.165, 1.54) is 12.1 Å². The Bertz CT molecular complexity index is 719. The minimum absolute atomic E-state index is 0.0224.